The maximum Gasteiger partial charge on any atom is 0.227 e. The summed E-state index contributed by atoms with van der Waals surface area (Å²) < 4.78 is 0. The van der Waals surface area contributed by atoms with E-state index in [1.54, 1.807) is 0 Å². The normalized spacial score (nSPS) is 18.6. The molecule has 1 unspecified atom stereocenters. The number of carbonyl (C=O) groups excluding carboxylic acids is 1. The van der Waals surface area contributed by atoms with Gasteiger partial charge < -0.3 is 5.32 Å². The van der Waals surface area contributed by atoms with Gasteiger partial charge in [0.15, 0.2) is 0 Å². The monoisotopic (exact) mass is 428 g/mol. The van der Waals surface area contributed by atoms with E-state index in [1.165, 1.54) is 16.7 Å². The van der Waals surface area contributed by atoms with Crippen LogP contribution in [0.25, 0.3) is 11.1 Å². The lowest BCUT2D eigenvalue weighted by atomic mass is 9.79. The molecule has 0 radical (unpaired) electrons. The van der Waals surface area contributed by atoms with Crippen LogP contribution >= 0.6 is 0 Å². The summed E-state index contributed by atoms with van der Waals surface area (Å²) in [4.78, 5) is 24.4. The van der Waals surface area contributed by atoms with Gasteiger partial charge in [0.1, 0.15) is 5.82 Å². The molecule has 5 nitrogen and oxygen atoms in total. The van der Waals surface area contributed by atoms with Crippen LogP contribution in [0.15, 0.2) is 67.0 Å². The molecule has 5 heteroatoms. The molecule has 2 heterocycles. The third-order valence-electron chi connectivity index (χ3n) is 6.34. The molecule has 1 saturated heterocycles. The van der Waals surface area contributed by atoms with E-state index in [-0.39, 0.29) is 5.91 Å². The summed E-state index contributed by atoms with van der Waals surface area (Å²) in [5.41, 5.74) is 4.30. The zero-order valence-electron chi connectivity index (χ0n) is 19.1. The molecule has 2 aromatic carbocycles. The van der Waals surface area contributed by atoms with Gasteiger partial charge in [-0.3, -0.25) is 9.69 Å². The molecule has 0 spiro atoms. The van der Waals surface area contributed by atoms with E-state index in [2.05, 4.69) is 75.6 Å². The van der Waals surface area contributed by atoms with Crippen molar-refractivity contribution in [2.45, 2.75) is 39.7 Å². The summed E-state index contributed by atoms with van der Waals surface area (Å²) in [6.45, 7) is 7.11. The highest BCUT2D eigenvalue weighted by Crippen LogP contribution is 2.36. The summed E-state index contributed by atoms with van der Waals surface area (Å²) in [6.07, 6.45) is 6.27. The highest BCUT2D eigenvalue weighted by molar-refractivity contribution is 5.83. The number of aromatic nitrogens is 2. The topological polar surface area (TPSA) is 58.1 Å². The lowest BCUT2D eigenvalue weighted by Gasteiger charge is -2.28. The van der Waals surface area contributed by atoms with Gasteiger partial charge in [-0.05, 0) is 43.0 Å². The minimum absolute atomic E-state index is 0.159. The minimum Gasteiger partial charge on any atom is -0.356 e. The zero-order valence-corrected chi connectivity index (χ0v) is 19.1. The van der Waals surface area contributed by atoms with Gasteiger partial charge in [0.05, 0.1) is 5.41 Å². The Hall–Kier alpha value is -3.05. The number of rotatable bonds is 8. The molecule has 4 rings (SSSR count). The van der Waals surface area contributed by atoms with Crippen LogP contribution < -0.4 is 5.32 Å². The second-order valence-electron chi connectivity index (χ2n) is 8.70. The SMILES string of the molecule is CCNC(=O)C1(Cc2ccc(-c3ccccc3)cc2)CCN(Cc2cnc(CC)nc2)C1. The van der Waals surface area contributed by atoms with Crippen LogP contribution in [0.1, 0.15) is 37.2 Å². The van der Waals surface area contributed by atoms with Crippen LogP contribution in [-0.4, -0.2) is 40.4 Å². The molecule has 1 N–H and O–H groups in total. The fourth-order valence-electron chi connectivity index (χ4n) is 4.59. The van der Waals surface area contributed by atoms with E-state index in [1.807, 2.05) is 25.4 Å². The Labute approximate surface area is 190 Å². The number of hydrogen-bond acceptors (Lipinski definition) is 4. The van der Waals surface area contributed by atoms with Crippen LogP contribution in [-0.2, 0) is 24.2 Å². The van der Waals surface area contributed by atoms with Gasteiger partial charge in [-0.2, -0.15) is 0 Å². The Balaban J connectivity index is 1.49. The van der Waals surface area contributed by atoms with Crippen molar-refractivity contribution in [3.63, 3.8) is 0 Å². The van der Waals surface area contributed by atoms with Gasteiger partial charge in [-0.25, -0.2) is 9.97 Å². The van der Waals surface area contributed by atoms with Crippen LogP contribution in [0.5, 0.6) is 0 Å². The van der Waals surface area contributed by atoms with E-state index in [0.29, 0.717) is 6.54 Å². The van der Waals surface area contributed by atoms with Crippen LogP contribution in [0.2, 0.25) is 0 Å². The number of carbonyl (C=O) groups is 1. The number of nitrogens with one attached hydrogen (secondary N) is 1. The first-order chi connectivity index (χ1) is 15.6. The molecule has 0 saturated carbocycles. The predicted molar refractivity (Wildman–Crippen MR) is 128 cm³/mol. The number of aryl methyl sites for hydroxylation is 1. The summed E-state index contributed by atoms with van der Waals surface area (Å²) in [7, 11) is 0. The summed E-state index contributed by atoms with van der Waals surface area (Å²) in [5, 5.41) is 3.09. The Kier molecular flexibility index (Phi) is 6.96. The first-order valence-corrected chi connectivity index (χ1v) is 11.6. The average Bonchev–Trinajstić information content (AvgIpc) is 3.24. The van der Waals surface area contributed by atoms with Gasteiger partial charge in [0.2, 0.25) is 5.91 Å². The summed E-state index contributed by atoms with van der Waals surface area (Å²) in [6, 6.07) is 19.1. The lowest BCUT2D eigenvalue weighted by Crippen LogP contribution is -2.44. The van der Waals surface area contributed by atoms with E-state index < -0.39 is 5.41 Å². The Bertz CT molecular complexity index is 1020. The van der Waals surface area contributed by atoms with Gasteiger partial charge in [0.25, 0.3) is 0 Å². The number of likely N-dealkylation sites (tertiary alicyclic amines) is 1. The Morgan fingerprint density at radius 1 is 0.969 bits per heavy atom. The number of benzene rings is 2. The van der Waals surface area contributed by atoms with Crippen LogP contribution in [0, 0.1) is 5.41 Å². The van der Waals surface area contributed by atoms with Gasteiger partial charge in [-0.15, -0.1) is 0 Å². The highest BCUT2D eigenvalue weighted by Gasteiger charge is 2.44. The quantitative estimate of drug-likeness (QED) is 0.582. The van der Waals surface area contributed by atoms with E-state index in [9.17, 15) is 4.79 Å². The van der Waals surface area contributed by atoms with Crippen molar-refractivity contribution < 1.29 is 4.79 Å². The largest absolute Gasteiger partial charge is 0.356 e. The summed E-state index contributed by atoms with van der Waals surface area (Å²) >= 11 is 0. The molecule has 32 heavy (non-hydrogen) atoms. The molecular weight excluding hydrogens is 396 g/mol. The molecule has 1 amide bonds. The van der Waals surface area contributed by atoms with Crippen molar-refractivity contribution in [1.29, 1.82) is 0 Å². The molecular formula is C27H32N4O. The van der Waals surface area contributed by atoms with Crippen molar-refractivity contribution in [3.8, 4) is 11.1 Å². The van der Waals surface area contributed by atoms with Gasteiger partial charge >= 0.3 is 0 Å². The third kappa shape index (κ3) is 5.05. The molecule has 0 aliphatic carbocycles. The average molecular weight is 429 g/mol. The molecule has 3 aromatic rings. The van der Waals surface area contributed by atoms with Crippen molar-refractivity contribution in [2.24, 2.45) is 5.41 Å². The Morgan fingerprint density at radius 2 is 1.66 bits per heavy atom. The van der Waals surface area contributed by atoms with Gasteiger partial charge in [0, 0.05) is 44.0 Å². The van der Waals surface area contributed by atoms with Crippen molar-refractivity contribution in [2.75, 3.05) is 19.6 Å². The van der Waals surface area contributed by atoms with Crippen LogP contribution in [0.3, 0.4) is 0 Å². The number of amides is 1. The maximum absolute atomic E-state index is 13.2. The van der Waals surface area contributed by atoms with Crippen molar-refractivity contribution >= 4 is 5.91 Å². The zero-order chi connectivity index (χ0) is 22.4. The van der Waals surface area contributed by atoms with Crippen molar-refractivity contribution in [3.05, 3.63) is 83.9 Å². The predicted octanol–water partition coefficient (Wildman–Crippen LogP) is 4.28. The lowest BCUT2D eigenvalue weighted by molar-refractivity contribution is -0.130. The fraction of sp³-hybridized carbons (Fsp3) is 0.370. The molecule has 1 atom stereocenters. The molecule has 0 bridgehead atoms. The minimum atomic E-state index is -0.408. The maximum atomic E-state index is 13.2. The highest BCUT2D eigenvalue weighted by atomic mass is 16.2. The van der Waals surface area contributed by atoms with Crippen LogP contribution in [0.4, 0.5) is 0 Å². The van der Waals surface area contributed by atoms with Crippen molar-refractivity contribution in [1.82, 2.24) is 20.2 Å². The Morgan fingerprint density at radius 3 is 2.31 bits per heavy atom. The fourth-order valence-corrected chi connectivity index (χ4v) is 4.59. The molecule has 1 aliphatic heterocycles. The molecule has 1 aromatic heterocycles. The number of hydrogen-bond donors (Lipinski definition) is 1. The summed E-state index contributed by atoms with van der Waals surface area (Å²) in [5.74, 6) is 1.03. The van der Waals surface area contributed by atoms with E-state index in [4.69, 9.17) is 0 Å². The van der Waals surface area contributed by atoms with E-state index >= 15 is 0 Å². The van der Waals surface area contributed by atoms with Gasteiger partial charge in [-0.1, -0.05) is 61.5 Å². The third-order valence-corrected chi connectivity index (χ3v) is 6.34. The second-order valence-corrected chi connectivity index (χ2v) is 8.70. The standard InChI is InChI=1S/C27H32N4O/c1-3-25-29-17-22(18-30-25)19-31-15-14-27(20-31,26(32)28-4-2)16-21-10-12-24(13-11-21)23-8-6-5-7-9-23/h5-13,17-18H,3-4,14-16,19-20H2,1-2H3,(H,28,32). The van der Waals surface area contributed by atoms with E-state index in [0.717, 1.165) is 50.3 Å². The smallest absolute Gasteiger partial charge is 0.227 e. The number of nitrogens with zero attached hydrogens (tertiary/aromatic N) is 3. The molecule has 166 valence electrons. The molecule has 1 fully saturated rings. The second kappa shape index (κ2) is 10.0. The first kappa shape index (κ1) is 22.2. The first-order valence-electron chi connectivity index (χ1n) is 11.6. The molecule has 1 aliphatic rings.